The molecule has 2 heteroatoms. The highest BCUT2D eigenvalue weighted by Gasteiger charge is 1.96. The Morgan fingerprint density at radius 1 is 1.20 bits per heavy atom. The summed E-state index contributed by atoms with van der Waals surface area (Å²) in [5.74, 6) is 0. The second kappa shape index (κ2) is 3.32. The van der Waals surface area contributed by atoms with Crippen LogP contribution in [0.2, 0.25) is 0 Å². The van der Waals surface area contributed by atoms with Gasteiger partial charge in [-0.3, -0.25) is 0 Å². The Kier molecular flexibility index (Phi) is 2.40. The van der Waals surface area contributed by atoms with Gasteiger partial charge in [0, 0.05) is 0 Å². The van der Waals surface area contributed by atoms with E-state index in [9.17, 15) is 4.39 Å². The maximum Gasteiger partial charge on any atom is 0.115 e. The molecule has 1 rings (SSSR count). The Morgan fingerprint density at radius 3 is 2.20 bits per heavy atom. The van der Waals surface area contributed by atoms with Crippen molar-refractivity contribution in [3.63, 3.8) is 0 Å². The van der Waals surface area contributed by atoms with Gasteiger partial charge in [0.2, 0.25) is 0 Å². The SMILES string of the molecule is OCc1ccccc1CF. The van der Waals surface area contributed by atoms with E-state index in [-0.39, 0.29) is 6.61 Å². The molecule has 0 spiro atoms. The molecule has 0 saturated carbocycles. The fourth-order valence-electron chi connectivity index (χ4n) is 0.842. The molecule has 1 aromatic rings. The third-order valence-electron chi connectivity index (χ3n) is 1.43. The molecule has 0 amide bonds. The number of halogens is 1. The molecule has 0 fully saturated rings. The summed E-state index contributed by atoms with van der Waals surface area (Å²) in [7, 11) is 0. The van der Waals surface area contributed by atoms with Gasteiger partial charge in [0.1, 0.15) is 6.67 Å². The van der Waals surface area contributed by atoms with Crippen molar-refractivity contribution in [3.05, 3.63) is 35.4 Å². The Balaban J connectivity index is 2.96. The van der Waals surface area contributed by atoms with E-state index >= 15 is 0 Å². The van der Waals surface area contributed by atoms with Crippen LogP contribution in [0.3, 0.4) is 0 Å². The first kappa shape index (κ1) is 7.22. The number of rotatable bonds is 2. The topological polar surface area (TPSA) is 20.2 Å². The summed E-state index contributed by atoms with van der Waals surface area (Å²) in [6.45, 7) is -0.586. The van der Waals surface area contributed by atoms with Crippen molar-refractivity contribution in [2.24, 2.45) is 0 Å². The molecule has 0 unspecified atom stereocenters. The van der Waals surface area contributed by atoms with E-state index in [4.69, 9.17) is 5.11 Å². The minimum atomic E-state index is -0.503. The van der Waals surface area contributed by atoms with Crippen molar-refractivity contribution in [1.29, 1.82) is 0 Å². The average molecular weight is 140 g/mol. The zero-order valence-electron chi connectivity index (χ0n) is 5.55. The summed E-state index contributed by atoms with van der Waals surface area (Å²) in [5, 5.41) is 8.68. The molecule has 0 aromatic heterocycles. The molecule has 1 nitrogen and oxygen atoms in total. The van der Waals surface area contributed by atoms with Crippen LogP contribution in [-0.2, 0) is 13.3 Å². The van der Waals surface area contributed by atoms with Crippen molar-refractivity contribution in [1.82, 2.24) is 0 Å². The Bertz CT molecular complexity index is 187. The standard InChI is InChI=1S/C8H9FO/c9-5-7-3-1-2-4-8(7)6-10/h1-4,10H,5-6H2. The van der Waals surface area contributed by atoms with Gasteiger partial charge in [0.05, 0.1) is 6.61 Å². The molecule has 0 bridgehead atoms. The molecule has 0 aliphatic rings. The van der Waals surface area contributed by atoms with E-state index in [1.165, 1.54) is 0 Å². The Hall–Kier alpha value is -0.890. The number of aliphatic hydroxyl groups is 1. The predicted molar refractivity (Wildman–Crippen MR) is 37.2 cm³/mol. The van der Waals surface area contributed by atoms with Crippen LogP contribution in [0.1, 0.15) is 11.1 Å². The third kappa shape index (κ3) is 1.33. The molecular formula is C8H9FO. The third-order valence-corrected chi connectivity index (χ3v) is 1.43. The Morgan fingerprint density at radius 2 is 1.80 bits per heavy atom. The molecule has 0 saturated heterocycles. The highest BCUT2D eigenvalue weighted by molar-refractivity contribution is 5.25. The zero-order valence-corrected chi connectivity index (χ0v) is 5.55. The maximum atomic E-state index is 12.1. The lowest BCUT2D eigenvalue weighted by Crippen LogP contribution is -1.89. The summed E-state index contributed by atoms with van der Waals surface area (Å²) >= 11 is 0. The van der Waals surface area contributed by atoms with Crippen LogP contribution in [0.4, 0.5) is 4.39 Å². The molecule has 0 radical (unpaired) electrons. The van der Waals surface area contributed by atoms with Crippen LogP contribution in [-0.4, -0.2) is 5.11 Å². The highest BCUT2D eigenvalue weighted by Crippen LogP contribution is 2.08. The van der Waals surface area contributed by atoms with Gasteiger partial charge in [0.15, 0.2) is 0 Å². The van der Waals surface area contributed by atoms with Crippen LogP contribution in [0.25, 0.3) is 0 Å². The first-order valence-electron chi connectivity index (χ1n) is 3.12. The summed E-state index contributed by atoms with van der Waals surface area (Å²) in [5.41, 5.74) is 1.25. The van der Waals surface area contributed by atoms with E-state index in [2.05, 4.69) is 0 Å². The van der Waals surface area contributed by atoms with E-state index in [1.807, 2.05) is 0 Å². The summed E-state index contributed by atoms with van der Waals surface area (Å²) in [4.78, 5) is 0. The van der Waals surface area contributed by atoms with Gasteiger partial charge < -0.3 is 5.11 Å². The molecule has 1 aromatic carbocycles. The van der Waals surface area contributed by atoms with Crippen molar-refractivity contribution < 1.29 is 9.50 Å². The summed E-state index contributed by atoms with van der Waals surface area (Å²) in [6, 6.07) is 6.93. The lowest BCUT2D eigenvalue weighted by Gasteiger charge is -2.00. The number of aliphatic hydroxyl groups excluding tert-OH is 1. The van der Waals surface area contributed by atoms with Crippen LogP contribution in [0.5, 0.6) is 0 Å². The van der Waals surface area contributed by atoms with Gasteiger partial charge in [-0.15, -0.1) is 0 Å². The van der Waals surface area contributed by atoms with E-state index in [0.29, 0.717) is 11.1 Å². The molecule has 0 aliphatic heterocycles. The minimum absolute atomic E-state index is 0.0832. The van der Waals surface area contributed by atoms with Crippen molar-refractivity contribution in [2.75, 3.05) is 0 Å². The highest BCUT2D eigenvalue weighted by atomic mass is 19.1. The molecule has 10 heavy (non-hydrogen) atoms. The monoisotopic (exact) mass is 140 g/mol. The fourth-order valence-corrected chi connectivity index (χ4v) is 0.842. The predicted octanol–water partition coefficient (Wildman–Crippen LogP) is 1.65. The number of hydrogen-bond donors (Lipinski definition) is 1. The summed E-state index contributed by atoms with van der Waals surface area (Å²) in [6.07, 6.45) is 0. The maximum absolute atomic E-state index is 12.1. The number of alkyl halides is 1. The zero-order chi connectivity index (χ0) is 7.40. The van der Waals surface area contributed by atoms with Crippen molar-refractivity contribution >= 4 is 0 Å². The van der Waals surface area contributed by atoms with Gasteiger partial charge in [0.25, 0.3) is 0 Å². The van der Waals surface area contributed by atoms with Crippen LogP contribution >= 0.6 is 0 Å². The van der Waals surface area contributed by atoms with Crippen LogP contribution in [0.15, 0.2) is 24.3 Å². The number of benzene rings is 1. The molecular weight excluding hydrogens is 131 g/mol. The first-order chi connectivity index (χ1) is 4.88. The number of hydrogen-bond acceptors (Lipinski definition) is 1. The molecule has 0 atom stereocenters. The second-order valence-electron chi connectivity index (χ2n) is 2.06. The van der Waals surface area contributed by atoms with Gasteiger partial charge in [-0.1, -0.05) is 24.3 Å². The van der Waals surface area contributed by atoms with Gasteiger partial charge in [-0.05, 0) is 11.1 Å². The van der Waals surface area contributed by atoms with Gasteiger partial charge in [-0.25, -0.2) is 4.39 Å². The quantitative estimate of drug-likeness (QED) is 0.662. The van der Waals surface area contributed by atoms with E-state index in [0.717, 1.165) is 0 Å². The largest absolute Gasteiger partial charge is 0.392 e. The lowest BCUT2D eigenvalue weighted by molar-refractivity contribution is 0.279. The lowest BCUT2D eigenvalue weighted by atomic mass is 10.1. The van der Waals surface area contributed by atoms with Crippen LogP contribution < -0.4 is 0 Å². The summed E-state index contributed by atoms with van der Waals surface area (Å²) < 4.78 is 12.1. The van der Waals surface area contributed by atoms with E-state index in [1.54, 1.807) is 24.3 Å². The molecule has 1 N–H and O–H groups in total. The van der Waals surface area contributed by atoms with Crippen molar-refractivity contribution in [3.8, 4) is 0 Å². The fraction of sp³-hybridized carbons (Fsp3) is 0.250. The normalized spacial score (nSPS) is 9.80. The van der Waals surface area contributed by atoms with Gasteiger partial charge >= 0.3 is 0 Å². The van der Waals surface area contributed by atoms with Crippen molar-refractivity contribution in [2.45, 2.75) is 13.3 Å². The minimum Gasteiger partial charge on any atom is -0.392 e. The van der Waals surface area contributed by atoms with Crippen LogP contribution in [0, 0.1) is 0 Å². The first-order valence-corrected chi connectivity index (χ1v) is 3.12. The van der Waals surface area contributed by atoms with E-state index < -0.39 is 6.67 Å². The van der Waals surface area contributed by atoms with Gasteiger partial charge in [-0.2, -0.15) is 0 Å². The Labute approximate surface area is 59.1 Å². The smallest absolute Gasteiger partial charge is 0.115 e. The molecule has 54 valence electrons. The second-order valence-corrected chi connectivity index (χ2v) is 2.06. The molecule has 0 aliphatic carbocycles. The average Bonchev–Trinajstić information content (AvgIpc) is 2.04. The molecule has 0 heterocycles.